The monoisotopic (exact) mass is 278 g/mol. The van der Waals surface area contributed by atoms with E-state index in [2.05, 4.69) is 11.4 Å². The van der Waals surface area contributed by atoms with Crippen LogP contribution in [0.25, 0.3) is 5.57 Å². The topological polar surface area (TPSA) is 75.3 Å². The maximum Gasteiger partial charge on any atom is 0.208 e. The number of hydrogen-bond donors (Lipinski definition) is 3. The van der Waals surface area contributed by atoms with Crippen LogP contribution in [0.5, 0.6) is 0 Å². The summed E-state index contributed by atoms with van der Waals surface area (Å²) in [6, 6.07) is 6.07. The van der Waals surface area contributed by atoms with Gasteiger partial charge in [0.2, 0.25) is 6.41 Å². The molecule has 19 heavy (non-hydrogen) atoms. The molecule has 102 valence electrons. The quantitative estimate of drug-likeness (QED) is 0.675. The minimum Gasteiger partial charge on any atom is -0.396 e. The summed E-state index contributed by atoms with van der Waals surface area (Å²) in [6.07, 6.45) is 3.46. The number of carbonyl (C=O) groups excluding carboxylic acids is 1. The lowest BCUT2D eigenvalue weighted by Gasteiger charge is -2.17. The van der Waals surface area contributed by atoms with Crippen LogP contribution in [0.1, 0.15) is 16.7 Å². The van der Waals surface area contributed by atoms with Crippen molar-refractivity contribution in [1.82, 2.24) is 5.32 Å². The van der Waals surface area contributed by atoms with Gasteiger partial charge in [0.05, 0.1) is 0 Å². The number of aliphatic hydroxyl groups excluding tert-OH is 1. The van der Waals surface area contributed by atoms with E-state index in [0.29, 0.717) is 13.0 Å². The van der Waals surface area contributed by atoms with Crippen molar-refractivity contribution >= 4 is 23.7 Å². The standard InChI is InChI=1S/C14H18N2O2S/c15-8-10-1-2-12(11(7-10)3-5-17)13-4-6-19-14(13)16-9-18/h1-2,4,7,9,14,17H,3,5-6,8,15H2,(H,16,18). The SMILES string of the molecule is NCc1ccc(C2=CCSC2NC=O)c(CCO)c1. The molecule has 1 atom stereocenters. The van der Waals surface area contributed by atoms with E-state index in [9.17, 15) is 9.90 Å². The van der Waals surface area contributed by atoms with Gasteiger partial charge in [0.25, 0.3) is 0 Å². The van der Waals surface area contributed by atoms with Crippen LogP contribution < -0.4 is 11.1 Å². The smallest absolute Gasteiger partial charge is 0.208 e. The minimum atomic E-state index is -0.00123. The van der Waals surface area contributed by atoms with Gasteiger partial charge >= 0.3 is 0 Å². The van der Waals surface area contributed by atoms with E-state index in [1.165, 1.54) is 0 Å². The molecule has 0 fully saturated rings. The van der Waals surface area contributed by atoms with E-state index in [4.69, 9.17) is 5.73 Å². The Balaban J connectivity index is 2.35. The third-order valence-corrected chi connectivity index (χ3v) is 4.25. The molecule has 5 heteroatoms. The largest absolute Gasteiger partial charge is 0.396 e. The highest BCUT2D eigenvalue weighted by atomic mass is 32.2. The van der Waals surface area contributed by atoms with Crippen molar-refractivity contribution in [3.63, 3.8) is 0 Å². The first-order valence-corrected chi connectivity index (χ1v) is 7.29. The Labute approximate surface area is 117 Å². The van der Waals surface area contributed by atoms with Gasteiger partial charge in [-0.3, -0.25) is 4.79 Å². The van der Waals surface area contributed by atoms with Gasteiger partial charge in [-0.05, 0) is 28.7 Å². The zero-order valence-corrected chi connectivity index (χ0v) is 11.5. The maximum atomic E-state index is 10.6. The first-order valence-electron chi connectivity index (χ1n) is 6.24. The number of benzene rings is 1. The van der Waals surface area contributed by atoms with Gasteiger partial charge in [0, 0.05) is 18.9 Å². The van der Waals surface area contributed by atoms with Crippen LogP contribution in [0.2, 0.25) is 0 Å². The fourth-order valence-corrected chi connectivity index (χ4v) is 3.29. The Kier molecular flexibility index (Phi) is 5.01. The molecule has 0 radical (unpaired) electrons. The maximum absolute atomic E-state index is 10.6. The normalized spacial score (nSPS) is 18.2. The van der Waals surface area contributed by atoms with Gasteiger partial charge in [-0.2, -0.15) is 0 Å². The fourth-order valence-electron chi connectivity index (χ4n) is 2.26. The van der Waals surface area contributed by atoms with Gasteiger partial charge in [0.15, 0.2) is 0 Å². The molecular weight excluding hydrogens is 260 g/mol. The van der Waals surface area contributed by atoms with Crippen LogP contribution in [-0.2, 0) is 17.8 Å². The van der Waals surface area contributed by atoms with Crippen LogP contribution in [-0.4, -0.2) is 29.3 Å². The summed E-state index contributed by atoms with van der Waals surface area (Å²) >= 11 is 1.68. The average Bonchev–Trinajstić information content (AvgIpc) is 2.87. The summed E-state index contributed by atoms with van der Waals surface area (Å²) in [4.78, 5) is 10.6. The van der Waals surface area contributed by atoms with Gasteiger partial charge in [-0.1, -0.05) is 24.3 Å². The molecule has 1 heterocycles. The summed E-state index contributed by atoms with van der Waals surface area (Å²) < 4.78 is 0. The Morgan fingerprint density at radius 1 is 1.53 bits per heavy atom. The fraction of sp³-hybridized carbons (Fsp3) is 0.357. The molecule has 4 nitrogen and oxygen atoms in total. The lowest BCUT2D eigenvalue weighted by molar-refractivity contribution is -0.109. The number of rotatable bonds is 6. The van der Waals surface area contributed by atoms with Crippen LogP contribution in [0, 0.1) is 0 Å². The van der Waals surface area contributed by atoms with Crippen LogP contribution >= 0.6 is 11.8 Å². The second-order valence-corrected chi connectivity index (χ2v) is 5.46. The number of hydrogen-bond acceptors (Lipinski definition) is 4. The van der Waals surface area contributed by atoms with Crippen molar-refractivity contribution in [2.24, 2.45) is 5.73 Å². The Morgan fingerprint density at radius 2 is 2.37 bits per heavy atom. The Bertz CT molecular complexity index is 488. The van der Waals surface area contributed by atoms with Gasteiger partial charge < -0.3 is 16.2 Å². The van der Waals surface area contributed by atoms with E-state index in [-0.39, 0.29) is 12.0 Å². The van der Waals surface area contributed by atoms with Crippen LogP contribution in [0.3, 0.4) is 0 Å². The highest BCUT2D eigenvalue weighted by Gasteiger charge is 2.22. The number of carbonyl (C=O) groups is 1. The molecule has 0 aromatic heterocycles. The second-order valence-electron chi connectivity index (χ2n) is 4.33. The molecule has 0 saturated heterocycles. The van der Waals surface area contributed by atoms with E-state index in [0.717, 1.165) is 34.4 Å². The number of aliphatic hydroxyl groups is 1. The first kappa shape index (κ1) is 14.1. The second kappa shape index (κ2) is 6.75. The number of thioether (sulfide) groups is 1. The van der Waals surface area contributed by atoms with Crippen molar-refractivity contribution in [3.8, 4) is 0 Å². The molecule has 1 aliphatic rings. The zero-order valence-electron chi connectivity index (χ0n) is 10.6. The molecule has 1 aliphatic heterocycles. The highest BCUT2D eigenvalue weighted by Crippen LogP contribution is 2.34. The Morgan fingerprint density at radius 3 is 3.05 bits per heavy atom. The molecule has 4 N–H and O–H groups in total. The molecule has 2 rings (SSSR count). The minimum absolute atomic E-state index is 0.00123. The molecule has 0 bridgehead atoms. The van der Waals surface area contributed by atoms with E-state index in [1.54, 1.807) is 11.8 Å². The summed E-state index contributed by atoms with van der Waals surface area (Å²) in [6.45, 7) is 0.593. The molecule has 1 amide bonds. The van der Waals surface area contributed by atoms with Crippen LogP contribution in [0.4, 0.5) is 0 Å². The number of amides is 1. The third-order valence-electron chi connectivity index (χ3n) is 3.17. The summed E-state index contributed by atoms with van der Waals surface area (Å²) in [5.74, 6) is 0.887. The van der Waals surface area contributed by atoms with E-state index in [1.807, 2.05) is 18.2 Å². The lowest BCUT2D eigenvalue weighted by atomic mass is 9.95. The van der Waals surface area contributed by atoms with Gasteiger partial charge in [-0.25, -0.2) is 0 Å². The predicted molar refractivity (Wildman–Crippen MR) is 78.5 cm³/mol. The van der Waals surface area contributed by atoms with Gasteiger partial charge in [-0.15, -0.1) is 11.8 Å². The molecule has 1 aromatic rings. The van der Waals surface area contributed by atoms with Crippen molar-refractivity contribution in [2.45, 2.75) is 18.3 Å². The van der Waals surface area contributed by atoms with Crippen LogP contribution in [0.15, 0.2) is 24.3 Å². The predicted octanol–water partition coefficient (Wildman–Crippen LogP) is 0.882. The summed E-state index contributed by atoms with van der Waals surface area (Å²) in [7, 11) is 0. The molecular formula is C14H18N2O2S. The Hall–Kier alpha value is -1.30. The molecule has 1 aromatic carbocycles. The van der Waals surface area contributed by atoms with Crippen molar-refractivity contribution in [3.05, 3.63) is 41.0 Å². The van der Waals surface area contributed by atoms with Crippen molar-refractivity contribution < 1.29 is 9.90 Å². The third kappa shape index (κ3) is 3.18. The van der Waals surface area contributed by atoms with Crippen molar-refractivity contribution in [2.75, 3.05) is 12.4 Å². The highest BCUT2D eigenvalue weighted by molar-refractivity contribution is 8.00. The molecule has 1 unspecified atom stereocenters. The first-order chi connectivity index (χ1) is 9.30. The average molecular weight is 278 g/mol. The summed E-state index contributed by atoms with van der Waals surface area (Å²) in [5.41, 5.74) is 10.00. The molecule has 0 saturated carbocycles. The number of nitrogens with two attached hydrogens (primary N) is 1. The lowest BCUT2D eigenvalue weighted by Crippen LogP contribution is -2.24. The summed E-state index contributed by atoms with van der Waals surface area (Å²) in [5, 5.41) is 12.0. The van der Waals surface area contributed by atoms with Gasteiger partial charge in [0.1, 0.15) is 5.37 Å². The number of nitrogens with one attached hydrogen (secondary N) is 1. The van der Waals surface area contributed by atoms with Crippen molar-refractivity contribution in [1.29, 1.82) is 0 Å². The van der Waals surface area contributed by atoms with E-state index >= 15 is 0 Å². The molecule has 0 spiro atoms. The van der Waals surface area contributed by atoms with E-state index < -0.39 is 0 Å². The molecule has 0 aliphatic carbocycles. The zero-order chi connectivity index (χ0) is 13.7.